The summed E-state index contributed by atoms with van der Waals surface area (Å²) in [6.45, 7) is 1.60. The molecule has 0 spiro atoms. The molecule has 1 aromatic carbocycles. The fourth-order valence-electron chi connectivity index (χ4n) is 1.18. The van der Waals surface area contributed by atoms with Crippen molar-refractivity contribution < 1.29 is 9.53 Å². The minimum Gasteiger partial charge on any atom is -0.497 e. The summed E-state index contributed by atoms with van der Waals surface area (Å²) in [7, 11) is 1.64. The Morgan fingerprint density at radius 1 is 1.43 bits per heavy atom. The van der Waals surface area contributed by atoms with Crippen molar-refractivity contribution in [2.24, 2.45) is 0 Å². The summed E-state index contributed by atoms with van der Waals surface area (Å²) in [4.78, 5) is 11.0. The Labute approximate surface area is 92.4 Å². The summed E-state index contributed by atoms with van der Waals surface area (Å²) in [5.41, 5.74) is 1.10. The van der Waals surface area contributed by atoms with E-state index in [0.29, 0.717) is 6.42 Å². The van der Waals surface area contributed by atoms with Crippen molar-refractivity contribution in [3.8, 4) is 5.75 Å². The molecular weight excluding hydrogens is 244 g/mol. The zero-order valence-electron chi connectivity index (χ0n) is 8.29. The highest BCUT2D eigenvalue weighted by atomic mass is 79.9. The van der Waals surface area contributed by atoms with Crippen LogP contribution in [0.4, 0.5) is 0 Å². The van der Waals surface area contributed by atoms with Gasteiger partial charge in [0, 0.05) is 11.2 Å². The Balaban J connectivity index is 2.71. The second-order valence-electron chi connectivity index (χ2n) is 3.15. The van der Waals surface area contributed by atoms with Crippen molar-refractivity contribution in [2.75, 3.05) is 7.11 Å². The fraction of sp³-hybridized carbons (Fsp3) is 0.364. The molecule has 1 aromatic rings. The SMILES string of the molecule is COc1ccc(C(Br)CC(C)=O)cc1. The fourth-order valence-corrected chi connectivity index (χ4v) is 1.94. The highest BCUT2D eigenvalue weighted by Crippen LogP contribution is 2.27. The summed E-state index contributed by atoms with van der Waals surface area (Å²) in [6.07, 6.45) is 0.520. The van der Waals surface area contributed by atoms with Gasteiger partial charge in [-0.2, -0.15) is 0 Å². The molecule has 1 unspecified atom stereocenters. The molecule has 0 radical (unpaired) electrons. The smallest absolute Gasteiger partial charge is 0.131 e. The van der Waals surface area contributed by atoms with Gasteiger partial charge in [0.2, 0.25) is 0 Å². The van der Waals surface area contributed by atoms with E-state index in [9.17, 15) is 4.79 Å². The lowest BCUT2D eigenvalue weighted by Crippen LogP contribution is -1.97. The number of halogens is 1. The zero-order valence-corrected chi connectivity index (χ0v) is 9.87. The number of hydrogen-bond acceptors (Lipinski definition) is 2. The standard InChI is InChI=1S/C11H13BrO2/c1-8(13)7-11(12)9-3-5-10(14-2)6-4-9/h3-6,11H,7H2,1-2H3. The van der Waals surface area contributed by atoms with E-state index in [2.05, 4.69) is 15.9 Å². The first-order valence-electron chi connectivity index (χ1n) is 4.41. The molecule has 0 aliphatic heterocycles. The van der Waals surface area contributed by atoms with Crippen molar-refractivity contribution in [3.05, 3.63) is 29.8 Å². The third kappa shape index (κ3) is 3.14. The minimum absolute atomic E-state index is 0.103. The van der Waals surface area contributed by atoms with Crippen LogP contribution in [0, 0.1) is 0 Å². The van der Waals surface area contributed by atoms with Crippen molar-refractivity contribution in [1.29, 1.82) is 0 Å². The normalized spacial score (nSPS) is 12.2. The molecule has 0 amide bonds. The molecule has 14 heavy (non-hydrogen) atoms. The van der Waals surface area contributed by atoms with Gasteiger partial charge in [-0.15, -0.1) is 0 Å². The van der Waals surface area contributed by atoms with E-state index in [1.54, 1.807) is 14.0 Å². The molecule has 0 saturated heterocycles. The first-order valence-corrected chi connectivity index (χ1v) is 5.32. The van der Waals surface area contributed by atoms with Gasteiger partial charge in [0.15, 0.2) is 0 Å². The van der Waals surface area contributed by atoms with E-state index in [1.165, 1.54) is 0 Å². The van der Waals surface area contributed by atoms with Gasteiger partial charge in [0.25, 0.3) is 0 Å². The predicted octanol–water partition coefficient (Wildman–Crippen LogP) is 3.11. The van der Waals surface area contributed by atoms with Crippen molar-refractivity contribution in [1.82, 2.24) is 0 Å². The lowest BCUT2D eigenvalue weighted by Gasteiger charge is -2.08. The average molecular weight is 257 g/mol. The van der Waals surface area contributed by atoms with Gasteiger partial charge < -0.3 is 4.74 Å². The van der Waals surface area contributed by atoms with E-state index in [0.717, 1.165) is 11.3 Å². The number of ketones is 1. The number of methoxy groups -OCH3 is 1. The Kier molecular flexibility index (Phi) is 4.14. The van der Waals surface area contributed by atoms with Gasteiger partial charge >= 0.3 is 0 Å². The summed E-state index contributed by atoms with van der Waals surface area (Å²) in [5.74, 6) is 1.01. The van der Waals surface area contributed by atoms with Gasteiger partial charge in [-0.3, -0.25) is 4.79 Å². The highest BCUT2D eigenvalue weighted by Gasteiger charge is 2.09. The Morgan fingerprint density at radius 2 is 2.00 bits per heavy atom. The molecule has 0 aliphatic carbocycles. The number of benzene rings is 1. The number of rotatable bonds is 4. The van der Waals surface area contributed by atoms with Crippen molar-refractivity contribution >= 4 is 21.7 Å². The first kappa shape index (κ1) is 11.2. The van der Waals surface area contributed by atoms with Crippen LogP contribution in [0.1, 0.15) is 23.7 Å². The topological polar surface area (TPSA) is 26.3 Å². The van der Waals surface area contributed by atoms with Crippen LogP contribution in [0.3, 0.4) is 0 Å². The summed E-state index contributed by atoms with van der Waals surface area (Å²) < 4.78 is 5.05. The average Bonchev–Trinajstić information content (AvgIpc) is 2.17. The van der Waals surface area contributed by atoms with Crippen LogP contribution >= 0.6 is 15.9 Å². The Bertz CT molecular complexity index is 306. The van der Waals surface area contributed by atoms with Crippen LogP contribution in [0.5, 0.6) is 5.75 Å². The molecule has 76 valence electrons. The molecule has 2 nitrogen and oxygen atoms in total. The molecule has 0 bridgehead atoms. The number of carbonyl (C=O) groups excluding carboxylic acids is 1. The summed E-state index contributed by atoms with van der Waals surface area (Å²) >= 11 is 3.47. The largest absolute Gasteiger partial charge is 0.497 e. The van der Waals surface area contributed by atoms with Gasteiger partial charge in [-0.25, -0.2) is 0 Å². The maximum absolute atomic E-state index is 10.9. The third-order valence-electron chi connectivity index (χ3n) is 1.94. The second kappa shape index (κ2) is 5.15. The van der Waals surface area contributed by atoms with Crippen LogP contribution in [0.25, 0.3) is 0 Å². The van der Waals surface area contributed by atoms with E-state index >= 15 is 0 Å². The highest BCUT2D eigenvalue weighted by molar-refractivity contribution is 9.09. The van der Waals surface area contributed by atoms with E-state index in [1.807, 2.05) is 24.3 Å². The number of carbonyl (C=O) groups is 1. The molecule has 0 heterocycles. The first-order chi connectivity index (χ1) is 6.63. The van der Waals surface area contributed by atoms with E-state index in [-0.39, 0.29) is 10.6 Å². The third-order valence-corrected chi connectivity index (χ3v) is 2.80. The molecule has 0 aromatic heterocycles. The maximum atomic E-state index is 10.9. The van der Waals surface area contributed by atoms with Crippen molar-refractivity contribution in [3.63, 3.8) is 0 Å². The Morgan fingerprint density at radius 3 is 2.43 bits per heavy atom. The quantitative estimate of drug-likeness (QED) is 0.774. The summed E-state index contributed by atoms with van der Waals surface area (Å²) in [6, 6.07) is 7.70. The zero-order chi connectivity index (χ0) is 10.6. The summed E-state index contributed by atoms with van der Waals surface area (Å²) in [5, 5.41) is 0. The monoisotopic (exact) mass is 256 g/mol. The molecule has 3 heteroatoms. The van der Waals surface area contributed by atoms with E-state index in [4.69, 9.17) is 4.74 Å². The van der Waals surface area contributed by atoms with Crippen LogP contribution in [0.2, 0.25) is 0 Å². The lowest BCUT2D eigenvalue weighted by molar-refractivity contribution is -0.116. The molecule has 0 N–H and O–H groups in total. The molecule has 0 fully saturated rings. The molecule has 1 rings (SSSR count). The number of alkyl halides is 1. The van der Waals surface area contributed by atoms with Gasteiger partial charge in [0.1, 0.15) is 11.5 Å². The number of Topliss-reactive ketones (excluding diaryl/α,β-unsaturated/α-hetero) is 1. The minimum atomic E-state index is 0.103. The predicted molar refractivity (Wildman–Crippen MR) is 60.0 cm³/mol. The van der Waals surface area contributed by atoms with Crippen LogP contribution < -0.4 is 4.74 Å². The molecule has 1 atom stereocenters. The van der Waals surface area contributed by atoms with Crippen molar-refractivity contribution in [2.45, 2.75) is 18.2 Å². The molecule has 0 saturated carbocycles. The van der Waals surface area contributed by atoms with Crippen LogP contribution in [-0.2, 0) is 4.79 Å². The molecule has 0 aliphatic rings. The maximum Gasteiger partial charge on any atom is 0.131 e. The van der Waals surface area contributed by atoms with Crippen LogP contribution in [0.15, 0.2) is 24.3 Å². The molecular formula is C11H13BrO2. The van der Waals surface area contributed by atoms with Gasteiger partial charge in [0.05, 0.1) is 7.11 Å². The number of ether oxygens (including phenoxy) is 1. The lowest BCUT2D eigenvalue weighted by atomic mass is 10.1. The van der Waals surface area contributed by atoms with Gasteiger partial charge in [-0.05, 0) is 24.6 Å². The van der Waals surface area contributed by atoms with Gasteiger partial charge in [-0.1, -0.05) is 28.1 Å². The van der Waals surface area contributed by atoms with Crippen LogP contribution in [-0.4, -0.2) is 12.9 Å². The van der Waals surface area contributed by atoms with E-state index < -0.39 is 0 Å². The number of hydrogen-bond donors (Lipinski definition) is 0. The second-order valence-corrected chi connectivity index (χ2v) is 4.25. The Hall–Kier alpha value is -0.830.